The zero-order valence-corrected chi connectivity index (χ0v) is 13.8. The molecule has 0 fully saturated rings. The third-order valence-electron chi connectivity index (χ3n) is 3.85. The Morgan fingerprint density at radius 3 is 2.57 bits per heavy atom. The fraction of sp³-hybridized carbons (Fsp3) is 0.222. The van der Waals surface area contributed by atoms with Gasteiger partial charge in [-0.1, -0.05) is 23.9 Å². The lowest BCUT2D eigenvalue weighted by Crippen LogP contribution is -2.02. The summed E-state index contributed by atoms with van der Waals surface area (Å²) < 4.78 is 15.2. The van der Waals surface area contributed by atoms with Crippen molar-refractivity contribution in [3.05, 3.63) is 58.9 Å². The molecular formula is C18H16FN3S. The Morgan fingerprint density at radius 2 is 1.87 bits per heavy atom. The lowest BCUT2D eigenvalue weighted by atomic mass is 10.1. The second-order valence-electron chi connectivity index (χ2n) is 5.48. The van der Waals surface area contributed by atoms with Crippen molar-refractivity contribution in [3.8, 4) is 6.07 Å². The molecule has 0 unspecified atom stereocenters. The van der Waals surface area contributed by atoms with Crippen molar-refractivity contribution >= 4 is 22.8 Å². The number of thioether (sulfide) groups is 1. The molecule has 0 aliphatic heterocycles. The number of nitriles is 1. The highest BCUT2D eigenvalue weighted by atomic mass is 32.2. The van der Waals surface area contributed by atoms with Crippen LogP contribution in [0.4, 0.5) is 4.39 Å². The first-order chi connectivity index (χ1) is 11.1. The molecule has 116 valence electrons. The highest BCUT2D eigenvalue weighted by Gasteiger charge is 2.13. The van der Waals surface area contributed by atoms with Crippen molar-refractivity contribution in [1.29, 1.82) is 5.26 Å². The zero-order valence-electron chi connectivity index (χ0n) is 13.0. The van der Waals surface area contributed by atoms with Crippen molar-refractivity contribution in [3.63, 3.8) is 0 Å². The summed E-state index contributed by atoms with van der Waals surface area (Å²) >= 11 is 1.42. The Bertz CT molecular complexity index is 891. The molecule has 23 heavy (non-hydrogen) atoms. The number of aryl methyl sites for hydroxylation is 2. The first-order valence-corrected chi connectivity index (χ1v) is 8.28. The van der Waals surface area contributed by atoms with Crippen molar-refractivity contribution in [2.45, 2.75) is 25.5 Å². The Kier molecular flexibility index (Phi) is 4.35. The van der Waals surface area contributed by atoms with E-state index in [1.165, 1.54) is 35.0 Å². The summed E-state index contributed by atoms with van der Waals surface area (Å²) in [5.41, 5.74) is 5.37. The van der Waals surface area contributed by atoms with Crippen molar-refractivity contribution in [2.75, 3.05) is 5.75 Å². The smallest absolute Gasteiger partial charge is 0.170 e. The minimum atomic E-state index is -0.241. The predicted octanol–water partition coefficient (Wildman–Crippen LogP) is 4.46. The first kappa shape index (κ1) is 15.6. The molecule has 1 aromatic heterocycles. The van der Waals surface area contributed by atoms with E-state index in [2.05, 4.69) is 41.6 Å². The predicted molar refractivity (Wildman–Crippen MR) is 91.0 cm³/mol. The van der Waals surface area contributed by atoms with Gasteiger partial charge in [0.1, 0.15) is 5.82 Å². The molecule has 0 aliphatic rings. The van der Waals surface area contributed by atoms with E-state index in [0.29, 0.717) is 12.3 Å². The number of nitrogens with zero attached hydrogens (tertiary/aromatic N) is 3. The average molecular weight is 325 g/mol. The number of halogens is 1. The summed E-state index contributed by atoms with van der Waals surface area (Å²) in [6.07, 6.45) is 0. The number of rotatable bonds is 4. The molecule has 3 rings (SSSR count). The molecule has 0 amide bonds. The molecule has 0 spiro atoms. The van der Waals surface area contributed by atoms with E-state index < -0.39 is 0 Å². The molecule has 0 radical (unpaired) electrons. The van der Waals surface area contributed by atoms with Gasteiger partial charge in [0.25, 0.3) is 0 Å². The summed E-state index contributed by atoms with van der Waals surface area (Å²) in [5.74, 6) is 0.111. The largest absolute Gasteiger partial charge is 0.314 e. The third-order valence-corrected chi connectivity index (χ3v) is 4.69. The first-order valence-electron chi connectivity index (χ1n) is 7.30. The van der Waals surface area contributed by atoms with Gasteiger partial charge < -0.3 is 4.57 Å². The molecule has 0 aliphatic carbocycles. The fourth-order valence-electron chi connectivity index (χ4n) is 2.49. The van der Waals surface area contributed by atoms with Crippen LogP contribution in [-0.2, 0) is 6.54 Å². The third kappa shape index (κ3) is 3.22. The van der Waals surface area contributed by atoms with Gasteiger partial charge in [0.2, 0.25) is 0 Å². The van der Waals surface area contributed by atoms with Gasteiger partial charge in [-0.25, -0.2) is 9.37 Å². The number of aromatic nitrogens is 2. The molecular weight excluding hydrogens is 309 g/mol. The minimum absolute atomic E-state index is 0.241. The highest BCUT2D eigenvalue weighted by Crippen LogP contribution is 2.27. The standard InChI is InChI=1S/C18H16FN3S/c1-12-9-16-17(10-13(12)2)22(18(21-16)23-8-7-20)11-14-3-5-15(19)6-4-14/h3-6,9-10H,8,11H2,1-2H3. The molecule has 0 bridgehead atoms. The van der Waals surface area contributed by atoms with Crippen LogP contribution in [0.3, 0.4) is 0 Å². The van der Waals surface area contributed by atoms with Crippen molar-refractivity contribution in [1.82, 2.24) is 9.55 Å². The lowest BCUT2D eigenvalue weighted by molar-refractivity contribution is 0.625. The summed E-state index contributed by atoms with van der Waals surface area (Å²) in [6.45, 7) is 4.75. The van der Waals surface area contributed by atoms with Gasteiger partial charge in [0.05, 0.1) is 29.4 Å². The monoisotopic (exact) mass is 325 g/mol. The summed E-state index contributed by atoms with van der Waals surface area (Å²) in [4.78, 5) is 4.67. The van der Waals surface area contributed by atoms with Gasteiger partial charge in [-0.2, -0.15) is 5.26 Å². The Balaban J connectivity index is 2.09. The van der Waals surface area contributed by atoms with Gasteiger partial charge >= 0.3 is 0 Å². The maximum Gasteiger partial charge on any atom is 0.170 e. The van der Waals surface area contributed by atoms with E-state index in [-0.39, 0.29) is 5.82 Å². The Labute approximate surface area is 138 Å². The van der Waals surface area contributed by atoms with Crippen LogP contribution in [0.5, 0.6) is 0 Å². The lowest BCUT2D eigenvalue weighted by Gasteiger charge is -2.09. The van der Waals surface area contributed by atoms with Crippen LogP contribution in [0.2, 0.25) is 0 Å². The van der Waals surface area contributed by atoms with Crippen LogP contribution >= 0.6 is 11.8 Å². The Hall–Kier alpha value is -2.32. The van der Waals surface area contributed by atoms with E-state index in [4.69, 9.17) is 5.26 Å². The molecule has 3 nitrogen and oxygen atoms in total. The molecule has 1 heterocycles. The normalized spacial score (nSPS) is 10.9. The van der Waals surface area contributed by atoms with E-state index in [1.54, 1.807) is 12.1 Å². The molecule has 5 heteroatoms. The van der Waals surface area contributed by atoms with E-state index in [9.17, 15) is 4.39 Å². The van der Waals surface area contributed by atoms with Crippen LogP contribution < -0.4 is 0 Å². The minimum Gasteiger partial charge on any atom is -0.314 e. The SMILES string of the molecule is Cc1cc2nc(SCC#N)n(Cc3ccc(F)cc3)c2cc1C. The van der Waals surface area contributed by atoms with E-state index in [0.717, 1.165) is 21.8 Å². The number of hydrogen-bond donors (Lipinski definition) is 0. The van der Waals surface area contributed by atoms with Gasteiger partial charge in [0.15, 0.2) is 5.16 Å². The van der Waals surface area contributed by atoms with Gasteiger partial charge in [-0.15, -0.1) is 0 Å². The van der Waals surface area contributed by atoms with Gasteiger partial charge in [0, 0.05) is 0 Å². The maximum absolute atomic E-state index is 13.1. The molecule has 0 N–H and O–H groups in total. The fourth-order valence-corrected chi connectivity index (χ4v) is 3.17. The second-order valence-corrected chi connectivity index (χ2v) is 6.42. The number of imidazole rings is 1. The summed E-state index contributed by atoms with van der Waals surface area (Å²) in [5, 5.41) is 9.67. The van der Waals surface area contributed by atoms with Gasteiger partial charge in [-0.3, -0.25) is 0 Å². The van der Waals surface area contributed by atoms with Crippen molar-refractivity contribution < 1.29 is 4.39 Å². The zero-order chi connectivity index (χ0) is 16.4. The Morgan fingerprint density at radius 1 is 1.17 bits per heavy atom. The van der Waals surface area contributed by atoms with E-state index >= 15 is 0 Å². The maximum atomic E-state index is 13.1. The van der Waals surface area contributed by atoms with Crippen LogP contribution in [-0.4, -0.2) is 15.3 Å². The van der Waals surface area contributed by atoms with Crippen molar-refractivity contribution in [2.24, 2.45) is 0 Å². The molecule has 2 aromatic carbocycles. The summed E-state index contributed by atoms with van der Waals surface area (Å²) in [7, 11) is 0. The molecule has 0 atom stereocenters. The van der Waals surface area contributed by atoms with Crippen LogP contribution in [0.25, 0.3) is 11.0 Å². The average Bonchev–Trinajstić information content (AvgIpc) is 2.85. The van der Waals surface area contributed by atoms with Crippen LogP contribution in [0, 0.1) is 31.0 Å². The molecule has 0 saturated heterocycles. The number of hydrogen-bond acceptors (Lipinski definition) is 3. The van der Waals surface area contributed by atoms with Crippen LogP contribution in [0.1, 0.15) is 16.7 Å². The van der Waals surface area contributed by atoms with E-state index in [1.807, 2.05) is 0 Å². The quantitative estimate of drug-likeness (QED) is 0.665. The second kappa shape index (κ2) is 6.43. The molecule has 0 saturated carbocycles. The summed E-state index contributed by atoms with van der Waals surface area (Å²) in [6, 6.07) is 12.8. The molecule has 3 aromatic rings. The number of fused-ring (bicyclic) bond motifs is 1. The van der Waals surface area contributed by atoms with Crippen LogP contribution in [0.15, 0.2) is 41.6 Å². The topological polar surface area (TPSA) is 41.6 Å². The number of benzene rings is 2. The highest BCUT2D eigenvalue weighted by molar-refractivity contribution is 7.99. The van der Waals surface area contributed by atoms with Gasteiger partial charge in [-0.05, 0) is 54.8 Å².